The number of hydrogen-bond donors (Lipinski definition) is 0. The third kappa shape index (κ3) is 2.25. The van der Waals surface area contributed by atoms with Crippen LogP contribution in [0.15, 0.2) is 30.5 Å². The van der Waals surface area contributed by atoms with Crippen molar-refractivity contribution in [2.24, 2.45) is 0 Å². The number of nitrogens with zero attached hydrogens (tertiary/aromatic N) is 1. The monoisotopic (exact) mass is 237 g/mol. The van der Waals surface area contributed by atoms with Gasteiger partial charge in [-0.2, -0.15) is 0 Å². The molecule has 0 bridgehead atoms. The van der Waals surface area contributed by atoms with E-state index in [9.17, 15) is 4.79 Å². The fourth-order valence-corrected chi connectivity index (χ4v) is 2.21. The first-order chi connectivity index (χ1) is 7.16. The average Bonchev–Trinajstić information content (AvgIpc) is 2.64. The minimum Gasteiger partial charge on any atom is -0.286 e. The number of hydrogen-bond acceptors (Lipinski definition) is 3. The Labute approximate surface area is 96.5 Å². The zero-order valence-corrected chi connectivity index (χ0v) is 9.60. The van der Waals surface area contributed by atoms with E-state index in [0.717, 1.165) is 5.56 Å². The van der Waals surface area contributed by atoms with E-state index in [1.165, 1.54) is 11.3 Å². The van der Waals surface area contributed by atoms with Crippen molar-refractivity contribution in [3.05, 3.63) is 50.9 Å². The molecule has 0 aliphatic heterocycles. The summed E-state index contributed by atoms with van der Waals surface area (Å²) in [5.41, 5.74) is 1.49. The van der Waals surface area contributed by atoms with Crippen LogP contribution in [0.4, 0.5) is 0 Å². The van der Waals surface area contributed by atoms with Crippen molar-refractivity contribution >= 4 is 28.7 Å². The molecule has 2 aromatic heterocycles. The Morgan fingerprint density at radius 3 is 2.80 bits per heavy atom. The first-order valence-electron chi connectivity index (χ1n) is 4.39. The topological polar surface area (TPSA) is 30.0 Å². The largest absolute Gasteiger partial charge is 0.286 e. The standard InChI is InChI=1S/C11H8ClNOS/c1-7-4-5-13-8(6-7)11(14)9-2-3-10(12)15-9/h2-6H,1H3. The highest BCUT2D eigenvalue weighted by atomic mass is 35.5. The van der Waals surface area contributed by atoms with Crippen LogP contribution in [-0.4, -0.2) is 10.8 Å². The molecule has 0 saturated carbocycles. The smallest absolute Gasteiger partial charge is 0.221 e. The second-order valence-corrected chi connectivity index (χ2v) is 4.87. The number of rotatable bonds is 2. The van der Waals surface area contributed by atoms with Gasteiger partial charge in [0.2, 0.25) is 5.78 Å². The van der Waals surface area contributed by atoms with Gasteiger partial charge in [0.15, 0.2) is 0 Å². The molecule has 2 aromatic rings. The molecule has 0 radical (unpaired) electrons. The van der Waals surface area contributed by atoms with Crippen LogP contribution in [0.5, 0.6) is 0 Å². The predicted molar refractivity (Wildman–Crippen MR) is 61.7 cm³/mol. The molecule has 15 heavy (non-hydrogen) atoms. The molecule has 0 spiro atoms. The van der Waals surface area contributed by atoms with E-state index in [4.69, 9.17) is 11.6 Å². The van der Waals surface area contributed by atoms with Crippen LogP contribution >= 0.6 is 22.9 Å². The van der Waals surface area contributed by atoms with Gasteiger partial charge in [-0.15, -0.1) is 11.3 Å². The zero-order valence-electron chi connectivity index (χ0n) is 8.03. The molecule has 0 aliphatic carbocycles. The molecule has 0 atom stereocenters. The molecule has 2 nitrogen and oxygen atoms in total. The Morgan fingerprint density at radius 1 is 1.40 bits per heavy atom. The maximum atomic E-state index is 11.9. The Balaban J connectivity index is 2.36. The van der Waals surface area contributed by atoms with Crippen LogP contribution in [0.3, 0.4) is 0 Å². The summed E-state index contributed by atoms with van der Waals surface area (Å²) >= 11 is 7.04. The van der Waals surface area contributed by atoms with Gasteiger partial charge >= 0.3 is 0 Å². The normalized spacial score (nSPS) is 10.3. The lowest BCUT2D eigenvalue weighted by atomic mass is 10.2. The van der Waals surface area contributed by atoms with Crippen LogP contribution in [0, 0.1) is 6.92 Å². The molecule has 76 valence electrons. The van der Waals surface area contributed by atoms with Crippen molar-refractivity contribution in [3.63, 3.8) is 0 Å². The second kappa shape index (κ2) is 4.13. The fourth-order valence-electron chi connectivity index (χ4n) is 1.22. The lowest BCUT2D eigenvalue weighted by Crippen LogP contribution is -2.01. The summed E-state index contributed by atoms with van der Waals surface area (Å²) in [6.45, 7) is 1.93. The summed E-state index contributed by atoms with van der Waals surface area (Å²) in [4.78, 5) is 16.6. The molecule has 0 aromatic carbocycles. The van der Waals surface area contributed by atoms with Gasteiger partial charge in [-0.3, -0.25) is 9.78 Å². The minimum atomic E-state index is -0.0735. The van der Waals surface area contributed by atoms with Gasteiger partial charge < -0.3 is 0 Å². The Morgan fingerprint density at radius 2 is 2.20 bits per heavy atom. The van der Waals surface area contributed by atoms with Crippen LogP contribution in [-0.2, 0) is 0 Å². The number of aromatic nitrogens is 1. The maximum Gasteiger partial charge on any atom is 0.221 e. The number of carbonyl (C=O) groups is 1. The first-order valence-corrected chi connectivity index (χ1v) is 5.59. The number of thiophene rings is 1. The van der Waals surface area contributed by atoms with E-state index in [0.29, 0.717) is 14.9 Å². The summed E-state index contributed by atoms with van der Waals surface area (Å²) in [5.74, 6) is -0.0735. The van der Waals surface area contributed by atoms with Gasteiger partial charge in [0.1, 0.15) is 5.69 Å². The lowest BCUT2D eigenvalue weighted by molar-refractivity contribution is 0.103. The summed E-state index contributed by atoms with van der Waals surface area (Å²) in [6, 6.07) is 7.07. The van der Waals surface area contributed by atoms with E-state index < -0.39 is 0 Å². The van der Waals surface area contributed by atoms with Crippen molar-refractivity contribution in [2.75, 3.05) is 0 Å². The minimum absolute atomic E-state index is 0.0735. The van der Waals surface area contributed by atoms with E-state index in [2.05, 4.69) is 4.98 Å². The molecule has 4 heteroatoms. The number of halogens is 1. The quantitative estimate of drug-likeness (QED) is 0.750. The van der Waals surface area contributed by atoms with Gasteiger partial charge in [-0.05, 0) is 36.8 Å². The Bertz CT molecular complexity index is 507. The van der Waals surface area contributed by atoms with Gasteiger partial charge in [0, 0.05) is 6.20 Å². The third-order valence-electron chi connectivity index (χ3n) is 1.95. The molecule has 0 saturated heterocycles. The van der Waals surface area contributed by atoms with Crippen molar-refractivity contribution in [2.45, 2.75) is 6.92 Å². The van der Waals surface area contributed by atoms with Gasteiger partial charge in [-0.25, -0.2) is 0 Å². The molecule has 2 heterocycles. The molecular weight excluding hydrogens is 230 g/mol. The highest BCUT2D eigenvalue weighted by Crippen LogP contribution is 2.23. The summed E-state index contributed by atoms with van der Waals surface area (Å²) in [6.07, 6.45) is 1.64. The molecule has 0 amide bonds. The van der Waals surface area contributed by atoms with Crippen LogP contribution in [0.2, 0.25) is 4.34 Å². The Kier molecular flexibility index (Phi) is 2.84. The third-order valence-corrected chi connectivity index (χ3v) is 3.17. The number of carbonyl (C=O) groups excluding carboxylic acids is 1. The van der Waals surface area contributed by atoms with Gasteiger partial charge in [0.25, 0.3) is 0 Å². The molecule has 0 N–H and O–H groups in total. The molecule has 0 aliphatic rings. The number of aryl methyl sites for hydroxylation is 1. The van der Waals surface area contributed by atoms with E-state index in [1.54, 1.807) is 24.4 Å². The molecule has 0 unspecified atom stereocenters. The number of ketones is 1. The summed E-state index contributed by atoms with van der Waals surface area (Å²) in [7, 11) is 0. The van der Waals surface area contributed by atoms with Crippen LogP contribution < -0.4 is 0 Å². The van der Waals surface area contributed by atoms with E-state index >= 15 is 0 Å². The fraction of sp³-hybridized carbons (Fsp3) is 0.0909. The SMILES string of the molecule is Cc1ccnc(C(=O)c2ccc(Cl)s2)c1. The lowest BCUT2D eigenvalue weighted by Gasteiger charge is -1.97. The van der Waals surface area contributed by atoms with Crippen LogP contribution in [0.25, 0.3) is 0 Å². The molecular formula is C11H8ClNOS. The van der Waals surface area contributed by atoms with Crippen molar-refractivity contribution in [1.29, 1.82) is 0 Å². The zero-order chi connectivity index (χ0) is 10.8. The van der Waals surface area contributed by atoms with Gasteiger partial charge in [-0.1, -0.05) is 11.6 Å². The summed E-state index contributed by atoms with van der Waals surface area (Å²) < 4.78 is 0.617. The molecule has 0 fully saturated rings. The predicted octanol–water partition coefficient (Wildman–Crippen LogP) is 3.34. The summed E-state index contributed by atoms with van der Waals surface area (Å²) in [5, 5.41) is 0. The van der Waals surface area contributed by atoms with Crippen molar-refractivity contribution < 1.29 is 4.79 Å². The second-order valence-electron chi connectivity index (χ2n) is 3.15. The van der Waals surface area contributed by atoms with Gasteiger partial charge in [0.05, 0.1) is 9.21 Å². The maximum absolute atomic E-state index is 11.9. The average molecular weight is 238 g/mol. The molecule has 2 rings (SSSR count). The first kappa shape index (κ1) is 10.3. The van der Waals surface area contributed by atoms with E-state index in [1.807, 2.05) is 13.0 Å². The Hall–Kier alpha value is -1.19. The highest BCUT2D eigenvalue weighted by Gasteiger charge is 2.12. The van der Waals surface area contributed by atoms with Crippen molar-refractivity contribution in [1.82, 2.24) is 4.98 Å². The van der Waals surface area contributed by atoms with Crippen molar-refractivity contribution in [3.8, 4) is 0 Å². The van der Waals surface area contributed by atoms with E-state index in [-0.39, 0.29) is 5.78 Å². The van der Waals surface area contributed by atoms with Crippen LogP contribution in [0.1, 0.15) is 20.9 Å². The number of pyridine rings is 1. The highest BCUT2D eigenvalue weighted by molar-refractivity contribution is 7.18.